The van der Waals surface area contributed by atoms with Gasteiger partial charge < -0.3 is 0 Å². The molecule has 6 aromatic rings. The van der Waals surface area contributed by atoms with E-state index in [9.17, 15) is 0 Å². The maximum absolute atomic E-state index is 8.27. The largest absolute Gasteiger partial charge is 0.212 e. The van der Waals surface area contributed by atoms with Crippen molar-refractivity contribution in [1.82, 2.24) is 0 Å². The highest BCUT2D eigenvalue weighted by Gasteiger charge is 2.17. The van der Waals surface area contributed by atoms with Gasteiger partial charge in [0, 0.05) is 70.8 Å². The summed E-state index contributed by atoms with van der Waals surface area (Å²) < 4.78 is 115. The molecule has 3 heteroatoms. The maximum Gasteiger partial charge on any atom is 0.212 e. The molecule has 0 atom stereocenters. The van der Waals surface area contributed by atoms with Gasteiger partial charge in [0.25, 0.3) is 0 Å². The second kappa shape index (κ2) is 20.2. The molecule has 0 amide bonds. The molecule has 0 aliphatic rings. The predicted molar refractivity (Wildman–Crippen MR) is 248 cm³/mol. The first-order valence-electron chi connectivity index (χ1n) is 27.1. The van der Waals surface area contributed by atoms with Crippen molar-refractivity contribution in [3.05, 3.63) is 159 Å². The minimum atomic E-state index is -2.13. The van der Waals surface area contributed by atoms with Gasteiger partial charge in [-0.25, -0.2) is 13.7 Å². The number of hydrogen-bond donors (Lipinski definition) is 0. The van der Waals surface area contributed by atoms with Crippen LogP contribution in [0.15, 0.2) is 97.5 Å². The summed E-state index contributed by atoms with van der Waals surface area (Å²) in [6.45, 7) is 14.5. The lowest BCUT2D eigenvalue weighted by Crippen LogP contribution is -2.31. The number of nitrogens with zero attached hydrogens (tertiary/aromatic N) is 3. The fourth-order valence-electron chi connectivity index (χ4n) is 6.93. The highest BCUT2D eigenvalue weighted by Crippen LogP contribution is 2.27. The SMILES string of the molecule is [2H]C([2H])([2H])c1c[n+](C)c(-c2ccc(C([2H])(C)C)cc2C)cc1C.[2H]C([2H])([2H])c1c[n+](C)c(-c2ccc(C([2H])([2H])C(C)C)cc2C)cc1C.[2H]C([2H])([2H])c1ccc(-c2ccc(C([2H])([2H])C(C)C)cc2C)[n+](C)c1. The number of rotatable bonds is 8. The summed E-state index contributed by atoms with van der Waals surface area (Å²) in [4.78, 5) is 0. The van der Waals surface area contributed by atoms with E-state index in [1.54, 1.807) is 35.3 Å². The molecule has 3 heterocycles. The van der Waals surface area contributed by atoms with Gasteiger partial charge in [-0.05, 0) is 154 Å². The Bertz CT molecular complexity index is 2900. The zero-order valence-corrected chi connectivity index (χ0v) is 37.2. The van der Waals surface area contributed by atoms with Gasteiger partial charge in [-0.1, -0.05) is 77.9 Å². The number of benzene rings is 3. The van der Waals surface area contributed by atoms with Crippen LogP contribution >= 0.6 is 0 Å². The van der Waals surface area contributed by atoms with Gasteiger partial charge in [-0.15, -0.1) is 0 Å². The van der Waals surface area contributed by atoms with Crippen LogP contribution in [0.4, 0.5) is 0 Å². The molecule has 0 saturated heterocycles. The molecule has 0 N–H and O–H groups in total. The molecule has 0 spiro atoms. The van der Waals surface area contributed by atoms with Crippen molar-refractivity contribution in [2.45, 2.75) is 115 Å². The summed E-state index contributed by atoms with van der Waals surface area (Å²) in [5, 5.41) is 0. The van der Waals surface area contributed by atoms with E-state index in [0.29, 0.717) is 27.8 Å². The van der Waals surface area contributed by atoms with Crippen LogP contribution < -0.4 is 13.7 Å². The number of pyridine rings is 3. The van der Waals surface area contributed by atoms with E-state index in [0.717, 1.165) is 67.2 Å². The van der Waals surface area contributed by atoms with E-state index in [4.69, 9.17) is 19.2 Å². The van der Waals surface area contributed by atoms with Gasteiger partial charge in [-0.2, -0.15) is 0 Å². The lowest BCUT2D eigenvalue weighted by Gasteiger charge is -2.11. The topological polar surface area (TPSA) is 11.6 Å². The van der Waals surface area contributed by atoms with Crippen molar-refractivity contribution < 1.29 is 32.9 Å². The first-order valence-corrected chi connectivity index (χ1v) is 20.1. The van der Waals surface area contributed by atoms with E-state index >= 15 is 0 Å². The van der Waals surface area contributed by atoms with Gasteiger partial charge in [0.2, 0.25) is 17.1 Å². The van der Waals surface area contributed by atoms with Crippen molar-refractivity contribution in [3.63, 3.8) is 0 Å². The fraction of sp³-hybridized carbons (Fsp3) is 0.400. The summed E-state index contributed by atoms with van der Waals surface area (Å²) in [6, 6.07) is 24.5. The Morgan fingerprint density at radius 1 is 0.466 bits per heavy atom. The molecule has 0 saturated carbocycles. The van der Waals surface area contributed by atoms with Crippen LogP contribution in [0, 0.1) is 67.0 Å². The molecule has 0 bridgehead atoms. The van der Waals surface area contributed by atoms with E-state index in [2.05, 4.69) is 0 Å². The Hall–Kier alpha value is -4.89. The lowest BCUT2D eigenvalue weighted by molar-refractivity contribution is -0.660. The van der Waals surface area contributed by atoms with Crippen LogP contribution in [0.5, 0.6) is 0 Å². The summed E-state index contributed by atoms with van der Waals surface area (Å²) in [6.07, 6.45) is 2.23. The third-order valence-corrected chi connectivity index (χ3v) is 10.1. The van der Waals surface area contributed by atoms with Crippen molar-refractivity contribution in [2.75, 3.05) is 0 Å². The Balaban J connectivity index is 0.000000235. The Labute approximate surface area is 373 Å². The lowest BCUT2D eigenvalue weighted by atomic mass is 9.95. The van der Waals surface area contributed by atoms with Crippen LogP contribution in [0.2, 0.25) is 0 Å². The fourth-order valence-corrected chi connectivity index (χ4v) is 6.93. The normalized spacial score (nSPS) is 16.0. The summed E-state index contributed by atoms with van der Waals surface area (Å²) in [7, 11) is 5.53. The molecule has 3 aromatic carbocycles. The smallest absolute Gasteiger partial charge is 0.201 e. The van der Waals surface area contributed by atoms with Gasteiger partial charge in [-0.3, -0.25) is 0 Å². The molecule has 0 aliphatic carbocycles. The molecule has 0 radical (unpaired) electrons. The van der Waals surface area contributed by atoms with Crippen molar-refractivity contribution >= 4 is 0 Å². The third-order valence-electron chi connectivity index (χ3n) is 10.1. The average molecular weight is 791 g/mol. The van der Waals surface area contributed by atoms with Crippen LogP contribution in [-0.2, 0) is 33.9 Å². The molecule has 6 rings (SSSR count). The minimum absolute atomic E-state index is 0.113. The van der Waals surface area contributed by atoms with E-state index in [1.165, 1.54) is 0 Å². The summed E-state index contributed by atoms with van der Waals surface area (Å²) >= 11 is 0. The third kappa shape index (κ3) is 12.1. The van der Waals surface area contributed by atoms with E-state index in [-0.39, 0.29) is 11.8 Å². The summed E-state index contributed by atoms with van der Waals surface area (Å²) in [5.41, 5.74) is 13.7. The molecular formula is C55H74N3+3. The average Bonchev–Trinajstić information content (AvgIpc) is 3.24. The van der Waals surface area contributed by atoms with Crippen molar-refractivity contribution in [1.29, 1.82) is 0 Å². The minimum Gasteiger partial charge on any atom is -0.201 e. The number of hydrogen-bond acceptors (Lipinski definition) is 0. The number of aromatic nitrogens is 3. The summed E-state index contributed by atoms with van der Waals surface area (Å²) in [5.74, 6) is -0.862. The van der Waals surface area contributed by atoms with Crippen molar-refractivity contribution in [2.24, 2.45) is 33.0 Å². The molecule has 58 heavy (non-hydrogen) atoms. The van der Waals surface area contributed by atoms with E-state index in [1.807, 2.05) is 173 Å². The quantitative estimate of drug-likeness (QED) is 0.136. The molecule has 0 unspecified atom stereocenters. The highest BCUT2D eigenvalue weighted by molar-refractivity contribution is 5.64. The monoisotopic (exact) mass is 791 g/mol. The maximum atomic E-state index is 8.27. The van der Waals surface area contributed by atoms with Crippen molar-refractivity contribution in [3.8, 4) is 33.8 Å². The van der Waals surface area contributed by atoms with Gasteiger partial charge in [0.15, 0.2) is 18.6 Å². The van der Waals surface area contributed by atoms with Gasteiger partial charge >= 0.3 is 0 Å². The standard InChI is InChI=1S/C19H26N.2C18H24N/c1-13(2)9-17-7-8-18(15(4)10-17)19-11-14(3)16(5)12-20(19)6;1-12(2)16-7-8-17(14(4)9-16)18-10-13(3)15(5)11-19(18)6;1-13(2)10-16-7-8-17(15(4)11-16)18-9-6-14(3)12-19(18)5/h7-8,10-13H,9H2,1-6H3;7-12H,1-6H3;6-9,11-13H,10H2,1-5H3/q3*+1/i5D3,9D2;5D3,12D;3D3,10D2. The molecule has 306 valence electrons. The molecule has 3 nitrogen and oxygen atoms in total. The van der Waals surface area contributed by atoms with Crippen LogP contribution in [0.1, 0.15) is 128 Å². The highest BCUT2D eigenvalue weighted by atomic mass is 14.9. The molecule has 3 aromatic heterocycles. The Morgan fingerprint density at radius 2 is 0.897 bits per heavy atom. The Morgan fingerprint density at radius 3 is 1.28 bits per heavy atom. The second-order valence-corrected chi connectivity index (χ2v) is 16.3. The van der Waals surface area contributed by atoms with Crippen LogP contribution in [0.25, 0.3) is 33.8 Å². The molecular weight excluding hydrogens is 703 g/mol. The number of aryl methyl sites for hydroxylation is 11. The molecule has 0 aliphatic heterocycles. The predicted octanol–water partition coefficient (Wildman–Crippen LogP) is 12.5. The van der Waals surface area contributed by atoms with Crippen LogP contribution in [0.3, 0.4) is 0 Å². The van der Waals surface area contributed by atoms with Gasteiger partial charge in [0.05, 0.1) is 0 Å². The van der Waals surface area contributed by atoms with E-state index < -0.39 is 39.2 Å². The molecule has 0 fully saturated rings. The second-order valence-electron chi connectivity index (χ2n) is 16.3. The first kappa shape index (κ1) is 29.3. The van der Waals surface area contributed by atoms with Gasteiger partial charge in [0.1, 0.15) is 21.1 Å². The Kier molecular flexibility index (Phi) is 10.2. The zero-order chi connectivity index (χ0) is 55.0. The van der Waals surface area contributed by atoms with Crippen LogP contribution in [-0.4, -0.2) is 0 Å². The first-order chi connectivity index (χ1) is 32.7. The zero-order valence-electron chi connectivity index (χ0n) is 51.2.